The molecule has 10 heteroatoms. The molecule has 0 aliphatic rings. The highest BCUT2D eigenvalue weighted by Gasteiger charge is 2.19. The molecule has 0 spiro atoms. The minimum atomic E-state index is -1.02. The van der Waals surface area contributed by atoms with Gasteiger partial charge in [-0.3, -0.25) is 0 Å². The Morgan fingerprint density at radius 3 is 2.43 bits per heavy atom. The Morgan fingerprint density at radius 2 is 1.78 bits per heavy atom. The number of unbranched alkanes of at least 4 members (excludes halogenated alkanes) is 2. The molecule has 0 aliphatic heterocycles. The molecular formula is C27H35F2NO6S. The number of carbonyl (C=O) groups excluding carboxylic acids is 1. The second-order valence-corrected chi connectivity index (χ2v) is 9.45. The van der Waals surface area contributed by atoms with E-state index in [0.29, 0.717) is 30.7 Å². The van der Waals surface area contributed by atoms with Crippen molar-refractivity contribution in [3.8, 4) is 11.5 Å². The molecule has 0 aromatic heterocycles. The van der Waals surface area contributed by atoms with Crippen LogP contribution in [0.3, 0.4) is 0 Å². The van der Waals surface area contributed by atoms with Gasteiger partial charge in [0.1, 0.15) is 18.2 Å². The molecule has 0 bridgehead atoms. The van der Waals surface area contributed by atoms with Gasteiger partial charge in [0.05, 0.1) is 6.54 Å². The molecule has 0 aliphatic carbocycles. The van der Waals surface area contributed by atoms with Crippen LogP contribution in [0.5, 0.6) is 11.5 Å². The number of aliphatic carboxylic acids is 1. The molecule has 1 N–H and O–H groups in total. The molecule has 0 fully saturated rings. The van der Waals surface area contributed by atoms with Crippen LogP contribution in [-0.2, 0) is 16.0 Å². The fourth-order valence-corrected chi connectivity index (χ4v) is 4.33. The highest BCUT2D eigenvalue weighted by molar-refractivity contribution is 7.99. The first kappa shape index (κ1) is 30.4. The average molecular weight is 540 g/mol. The van der Waals surface area contributed by atoms with Gasteiger partial charge in [-0.25, -0.2) is 18.4 Å². The van der Waals surface area contributed by atoms with E-state index in [1.807, 2.05) is 0 Å². The molecule has 2 aromatic carbocycles. The van der Waals surface area contributed by atoms with Crippen LogP contribution in [-0.4, -0.2) is 66.0 Å². The number of carbonyl (C=O) groups is 2. The van der Waals surface area contributed by atoms with Gasteiger partial charge in [0, 0.05) is 31.4 Å². The van der Waals surface area contributed by atoms with Crippen molar-refractivity contribution in [1.82, 2.24) is 4.90 Å². The summed E-state index contributed by atoms with van der Waals surface area (Å²) < 4.78 is 43.3. The number of hydrogen-bond donors (Lipinski definition) is 1. The predicted octanol–water partition coefficient (Wildman–Crippen LogP) is 5.80. The Labute approximate surface area is 221 Å². The monoisotopic (exact) mass is 539 g/mol. The van der Waals surface area contributed by atoms with E-state index in [1.165, 1.54) is 4.90 Å². The molecule has 0 radical (unpaired) electrons. The lowest BCUT2D eigenvalue weighted by molar-refractivity contribution is -0.149. The molecule has 7 nitrogen and oxygen atoms in total. The zero-order valence-electron chi connectivity index (χ0n) is 21.3. The number of rotatable bonds is 17. The fourth-order valence-electron chi connectivity index (χ4n) is 3.37. The number of carboxylic acid groups (broad SMARTS) is 1. The van der Waals surface area contributed by atoms with Crippen LogP contribution in [0.1, 0.15) is 38.7 Å². The van der Waals surface area contributed by atoms with Gasteiger partial charge < -0.3 is 24.2 Å². The van der Waals surface area contributed by atoms with Crippen molar-refractivity contribution in [2.45, 2.75) is 45.6 Å². The maximum Gasteiger partial charge on any atom is 0.415 e. The van der Waals surface area contributed by atoms with E-state index < -0.39 is 29.8 Å². The van der Waals surface area contributed by atoms with E-state index >= 15 is 0 Å². The topological polar surface area (TPSA) is 85.3 Å². The minimum absolute atomic E-state index is 0.164. The quantitative estimate of drug-likeness (QED) is 0.254. The summed E-state index contributed by atoms with van der Waals surface area (Å²) in [5.41, 5.74) is 0.792. The predicted molar refractivity (Wildman–Crippen MR) is 139 cm³/mol. The second-order valence-electron chi connectivity index (χ2n) is 8.23. The van der Waals surface area contributed by atoms with Crippen LogP contribution in [0.15, 0.2) is 42.5 Å². The molecule has 0 saturated heterocycles. The number of carboxylic acids is 1. The van der Waals surface area contributed by atoms with Crippen molar-refractivity contribution in [3.63, 3.8) is 0 Å². The first-order valence-corrected chi connectivity index (χ1v) is 13.5. The molecule has 37 heavy (non-hydrogen) atoms. The molecule has 1 atom stereocenters. The second kappa shape index (κ2) is 16.8. The minimum Gasteiger partial charge on any atom is -0.492 e. The Morgan fingerprint density at radius 1 is 1.03 bits per heavy atom. The Hall–Kier alpha value is -2.85. The lowest BCUT2D eigenvalue weighted by Gasteiger charge is -2.22. The lowest BCUT2D eigenvalue weighted by Crippen LogP contribution is -2.38. The van der Waals surface area contributed by atoms with Crippen LogP contribution >= 0.6 is 11.8 Å². The van der Waals surface area contributed by atoms with Crippen molar-refractivity contribution < 1.29 is 37.7 Å². The van der Waals surface area contributed by atoms with Gasteiger partial charge in [-0.1, -0.05) is 31.9 Å². The van der Waals surface area contributed by atoms with Crippen molar-refractivity contribution in [3.05, 3.63) is 59.7 Å². The Bertz CT molecular complexity index is 976. The zero-order valence-corrected chi connectivity index (χ0v) is 22.1. The maximum absolute atomic E-state index is 14.0. The molecule has 0 heterocycles. The molecule has 2 rings (SSSR count). The highest BCUT2D eigenvalue weighted by Crippen LogP contribution is 2.19. The summed E-state index contributed by atoms with van der Waals surface area (Å²) in [5.74, 6) is -0.837. The number of benzene rings is 2. The summed E-state index contributed by atoms with van der Waals surface area (Å²) in [4.78, 5) is 25.4. The Balaban J connectivity index is 1.92. The van der Waals surface area contributed by atoms with E-state index in [0.717, 1.165) is 42.7 Å². The first-order chi connectivity index (χ1) is 17.8. The fraction of sp³-hybridized carbons (Fsp3) is 0.481. The standard InChI is InChI=1S/C27H35F2NO6S/c1-3-5-6-16-37-17-14-30(27(33)36-24-12-9-21(28)19-23(24)29)13-15-35-22-10-7-20(8-11-22)18-25(26(31)32)34-4-2/h7-12,19,25H,3-6,13-18H2,1-2H3,(H,31,32). The average Bonchev–Trinajstić information content (AvgIpc) is 2.87. The van der Waals surface area contributed by atoms with Gasteiger partial charge in [0.15, 0.2) is 17.7 Å². The van der Waals surface area contributed by atoms with Crippen LogP contribution in [0.25, 0.3) is 0 Å². The van der Waals surface area contributed by atoms with Gasteiger partial charge in [0.25, 0.3) is 0 Å². The number of amides is 1. The Kier molecular flexibility index (Phi) is 13.8. The van der Waals surface area contributed by atoms with Crippen LogP contribution in [0, 0.1) is 11.6 Å². The lowest BCUT2D eigenvalue weighted by atomic mass is 10.1. The summed E-state index contributed by atoms with van der Waals surface area (Å²) in [5, 5.41) is 9.24. The summed E-state index contributed by atoms with van der Waals surface area (Å²) in [6.07, 6.45) is 1.96. The summed E-state index contributed by atoms with van der Waals surface area (Å²) >= 11 is 1.73. The summed E-state index contributed by atoms with van der Waals surface area (Å²) in [7, 11) is 0. The van der Waals surface area contributed by atoms with Gasteiger partial charge in [-0.2, -0.15) is 11.8 Å². The third-order valence-corrected chi connectivity index (χ3v) is 6.41. The van der Waals surface area contributed by atoms with Crippen molar-refractivity contribution in [2.24, 2.45) is 0 Å². The van der Waals surface area contributed by atoms with E-state index in [-0.39, 0.29) is 25.3 Å². The summed E-state index contributed by atoms with van der Waals surface area (Å²) in [6, 6.07) is 9.75. The molecule has 1 unspecified atom stereocenters. The van der Waals surface area contributed by atoms with Crippen molar-refractivity contribution in [1.29, 1.82) is 0 Å². The van der Waals surface area contributed by atoms with Gasteiger partial charge >= 0.3 is 12.1 Å². The highest BCUT2D eigenvalue weighted by atomic mass is 32.2. The van der Waals surface area contributed by atoms with Crippen molar-refractivity contribution in [2.75, 3.05) is 37.8 Å². The number of ether oxygens (including phenoxy) is 3. The molecule has 1 amide bonds. The SMILES string of the molecule is CCCCCSCCN(CCOc1ccc(CC(OCC)C(=O)O)cc1)C(=O)Oc1ccc(F)cc1F. The van der Waals surface area contributed by atoms with Crippen LogP contribution in [0.2, 0.25) is 0 Å². The van der Waals surface area contributed by atoms with Gasteiger partial charge in [-0.05, 0) is 48.9 Å². The van der Waals surface area contributed by atoms with Gasteiger partial charge in [-0.15, -0.1) is 0 Å². The van der Waals surface area contributed by atoms with E-state index in [1.54, 1.807) is 43.0 Å². The number of thioether (sulfide) groups is 1. The zero-order chi connectivity index (χ0) is 27.0. The molecule has 204 valence electrons. The number of nitrogens with zero attached hydrogens (tertiary/aromatic N) is 1. The van der Waals surface area contributed by atoms with E-state index in [9.17, 15) is 23.5 Å². The largest absolute Gasteiger partial charge is 0.492 e. The van der Waals surface area contributed by atoms with Crippen LogP contribution in [0.4, 0.5) is 13.6 Å². The third kappa shape index (κ3) is 11.4. The molecule has 2 aromatic rings. The maximum atomic E-state index is 14.0. The smallest absolute Gasteiger partial charge is 0.415 e. The first-order valence-electron chi connectivity index (χ1n) is 12.4. The van der Waals surface area contributed by atoms with Gasteiger partial charge in [0.2, 0.25) is 0 Å². The van der Waals surface area contributed by atoms with Crippen molar-refractivity contribution >= 4 is 23.8 Å². The normalized spacial score (nSPS) is 11.7. The number of halogens is 2. The van der Waals surface area contributed by atoms with E-state index in [4.69, 9.17) is 14.2 Å². The third-order valence-electron chi connectivity index (χ3n) is 5.36. The summed E-state index contributed by atoms with van der Waals surface area (Å²) in [6.45, 7) is 4.93. The van der Waals surface area contributed by atoms with Crippen LogP contribution < -0.4 is 9.47 Å². The molecule has 0 saturated carbocycles. The molecular weight excluding hydrogens is 504 g/mol. The van der Waals surface area contributed by atoms with E-state index in [2.05, 4.69) is 6.92 Å². The number of hydrogen-bond acceptors (Lipinski definition) is 6.